The Labute approximate surface area is 152 Å². The van der Waals surface area contributed by atoms with Gasteiger partial charge < -0.3 is 14.7 Å². The molecule has 0 saturated carbocycles. The highest BCUT2D eigenvalue weighted by atomic mass is 16.5. The van der Waals surface area contributed by atoms with Gasteiger partial charge in [-0.25, -0.2) is 0 Å². The lowest BCUT2D eigenvalue weighted by molar-refractivity contribution is -0.0679. The van der Waals surface area contributed by atoms with Crippen molar-refractivity contribution in [2.75, 3.05) is 32.8 Å². The largest absolute Gasteiger partial charge is 0.385 e. The fraction of sp³-hybridized carbons (Fsp3) is 0.636. The van der Waals surface area contributed by atoms with Gasteiger partial charge in [0.25, 0.3) is 0 Å². The molecule has 0 unspecified atom stereocenters. The quantitative estimate of drug-likeness (QED) is 0.889. The van der Waals surface area contributed by atoms with E-state index in [0.29, 0.717) is 26.1 Å². The molecule has 0 radical (unpaired) electrons. The molecule has 1 aromatic rings. The molecular formula is C22H33NO2. The summed E-state index contributed by atoms with van der Waals surface area (Å²) in [5.41, 5.74) is 3.14. The minimum Gasteiger partial charge on any atom is -0.385 e. The Hall–Kier alpha value is -1.16. The van der Waals surface area contributed by atoms with Crippen LogP contribution in [0.4, 0.5) is 0 Å². The lowest BCUT2D eigenvalue weighted by atomic mass is 9.86. The van der Waals surface area contributed by atoms with Crippen LogP contribution in [0.1, 0.15) is 57.1 Å². The molecule has 2 heterocycles. The molecule has 0 aliphatic carbocycles. The molecule has 1 aromatic carbocycles. The second kappa shape index (κ2) is 8.48. The van der Waals surface area contributed by atoms with Crippen molar-refractivity contribution in [1.29, 1.82) is 0 Å². The van der Waals surface area contributed by atoms with E-state index in [2.05, 4.69) is 49.1 Å². The highest BCUT2D eigenvalue weighted by Crippen LogP contribution is 2.32. The number of rotatable bonds is 4. The lowest BCUT2D eigenvalue weighted by Crippen LogP contribution is -2.33. The number of hydrogen-bond acceptors (Lipinski definition) is 3. The average molecular weight is 344 g/mol. The molecule has 2 saturated heterocycles. The van der Waals surface area contributed by atoms with E-state index in [1.165, 1.54) is 44.5 Å². The zero-order valence-electron chi connectivity index (χ0n) is 15.8. The number of benzene rings is 1. The van der Waals surface area contributed by atoms with Crippen molar-refractivity contribution in [2.45, 2.75) is 51.6 Å². The monoisotopic (exact) mass is 343 g/mol. The summed E-state index contributed by atoms with van der Waals surface area (Å²) in [5.74, 6) is 0.745. The predicted octanol–water partition coefficient (Wildman–Crippen LogP) is 4.21. The first-order valence-corrected chi connectivity index (χ1v) is 9.88. The SMILES string of the molecule is CC(C)CN1CCC/C(=C\c2ccc(C3(O)CCOCC3)cc2)CC1. The summed E-state index contributed by atoms with van der Waals surface area (Å²) in [6.45, 7) is 9.52. The van der Waals surface area contributed by atoms with Crippen molar-refractivity contribution >= 4 is 6.08 Å². The van der Waals surface area contributed by atoms with Gasteiger partial charge >= 0.3 is 0 Å². The second-order valence-electron chi connectivity index (χ2n) is 8.12. The van der Waals surface area contributed by atoms with Crippen LogP contribution in [0.2, 0.25) is 0 Å². The van der Waals surface area contributed by atoms with Crippen LogP contribution >= 0.6 is 0 Å². The molecular weight excluding hydrogens is 310 g/mol. The summed E-state index contributed by atoms with van der Waals surface area (Å²) >= 11 is 0. The van der Waals surface area contributed by atoms with Crippen LogP contribution in [0, 0.1) is 5.92 Å². The number of nitrogens with zero attached hydrogens (tertiary/aromatic N) is 1. The Bertz CT molecular complexity index is 570. The molecule has 3 nitrogen and oxygen atoms in total. The molecule has 2 fully saturated rings. The van der Waals surface area contributed by atoms with Crippen molar-refractivity contribution in [2.24, 2.45) is 5.92 Å². The van der Waals surface area contributed by atoms with E-state index >= 15 is 0 Å². The zero-order chi connectivity index (χ0) is 17.7. The van der Waals surface area contributed by atoms with Crippen LogP contribution < -0.4 is 0 Å². The van der Waals surface area contributed by atoms with Crippen LogP contribution in [0.15, 0.2) is 29.8 Å². The smallest absolute Gasteiger partial charge is 0.0940 e. The third-order valence-corrected chi connectivity index (χ3v) is 5.48. The van der Waals surface area contributed by atoms with Gasteiger partial charge in [-0.1, -0.05) is 49.8 Å². The van der Waals surface area contributed by atoms with E-state index in [0.717, 1.165) is 11.5 Å². The number of aliphatic hydroxyl groups is 1. The van der Waals surface area contributed by atoms with Crippen LogP contribution in [0.3, 0.4) is 0 Å². The van der Waals surface area contributed by atoms with Gasteiger partial charge in [0.2, 0.25) is 0 Å². The van der Waals surface area contributed by atoms with E-state index in [9.17, 15) is 5.11 Å². The summed E-state index contributed by atoms with van der Waals surface area (Å²) < 4.78 is 5.38. The molecule has 0 spiro atoms. The Kier molecular flexibility index (Phi) is 6.32. The van der Waals surface area contributed by atoms with Gasteiger partial charge in [0.1, 0.15) is 0 Å². The van der Waals surface area contributed by atoms with Gasteiger partial charge in [-0.05, 0) is 42.9 Å². The minimum absolute atomic E-state index is 0.648. The topological polar surface area (TPSA) is 32.7 Å². The molecule has 25 heavy (non-hydrogen) atoms. The summed E-state index contributed by atoms with van der Waals surface area (Å²) in [4.78, 5) is 2.61. The van der Waals surface area contributed by atoms with E-state index in [1.54, 1.807) is 5.57 Å². The highest BCUT2D eigenvalue weighted by molar-refractivity contribution is 5.53. The molecule has 3 rings (SSSR count). The van der Waals surface area contributed by atoms with Gasteiger partial charge in [-0.3, -0.25) is 0 Å². The first-order chi connectivity index (χ1) is 12.0. The molecule has 0 aromatic heterocycles. The van der Waals surface area contributed by atoms with Gasteiger partial charge in [0.15, 0.2) is 0 Å². The predicted molar refractivity (Wildman–Crippen MR) is 103 cm³/mol. The molecule has 3 heteroatoms. The summed E-state index contributed by atoms with van der Waals surface area (Å²) in [5, 5.41) is 10.8. The molecule has 1 N–H and O–H groups in total. The molecule has 0 amide bonds. The number of ether oxygens (including phenoxy) is 1. The zero-order valence-corrected chi connectivity index (χ0v) is 15.8. The molecule has 2 aliphatic heterocycles. The van der Waals surface area contributed by atoms with Crippen molar-refractivity contribution in [3.63, 3.8) is 0 Å². The second-order valence-corrected chi connectivity index (χ2v) is 8.12. The highest BCUT2D eigenvalue weighted by Gasteiger charge is 2.31. The van der Waals surface area contributed by atoms with E-state index in [4.69, 9.17) is 4.74 Å². The lowest BCUT2D eigenvalue weighted by Gasteiger charge is -2.32. The molecule has 138 valence electrons. The number of likely N-dealkylation sites (tertiary alicyclic amines) is 1. The first kappa shape index (κ1) is 18.6. The van der Waals surface area contributed by atoms with Crippen molar-refractivity contribution < 1.29 is 9.84 Å². The van der Waals surface area contributed by atoms with Crippen molar-refractivity contribution in [3.8, 4) is 0 Å². The van der Waals surface area contributed by atoms with Gasteiger partial charge in [-0.15, -0.1) is 0 Å². The molecule has 0 bridgehead atoms. The van der Waals surface area contributed by atoms with Crippen LogP contribution in [-0.2, 0) is 10.3 Å². The fourth-order valence-electron chi connectivity index (χ4n) is 4.03. The van der Waals surface area contributed by atoms with Gasteiger partial charge in [-0.2, -0.15) is 0 Å². The fourth-order valence-corrected chi connectivity index (χ4v) is 4.03. The summed E-state index contributed by atoms with van der Waals surface area (Å²) in [6.07, 6.45) is 7.39. The van der Waals surface area contributed by atoms with Crippen molar-refractivity contribution in [3.05, 3.63) is 41.0 Å². The van der Waals surface area contributed by atoms with E-state index in [-0.39, 0.29) is 0 Å². The van der Waals surface area contributed by atoms with Crippen LogP contribution in [0.25, 0.3) is 6.08 Å². The Morgan fingerprint density at radius 3 is 2.52 bits per heavy atom. The maximum Gasteiger partial charge on any atom is 0.0940 e. The Morgan fingerprint density at radius 1 is 1.12 bits per heavy atom. The third-order valence-electron chi connectivity index (χ3n) is 5.48. The third kappa shape index (κ3) is 5.16. The first-order valence-electron chi connectivity index (χ1n) is 9.88. The maximum atomic E-state index is 10.8. The van der Waals surface area contributed by atoms with E-state index in [1.807, 2.05) is 0 Å². The standard InChI is InChI=1S/C22H33NO2/c1-18(2)17-23-12-3-4-19(9-13-23)16-20-5-7-21(8-6-20)22(24)10-14-25-15-11-22/h5-8,16,18,24H,3-4,9-15,17H2,1-2H3/b19-16+. The van der Waals surface area contributed by atoms with E-state index < -0.39 is 5.60 Å². The molecule has 0 atom stereocenters. The van der Waals surface area contributed by atoms with Crippen LogP contribution in [-0.4, -0.2) is 42.9 Å². The molecule has 2 aliphatic rings. The summed E-state index contributed by atoms with van der Waals surface area (Å²) in [6, 6.07) is 8.51. The minimum atomic E-state index is -0.705. The Balaban J connectivity index is 1.63. The average Bonchev–Trinajstić information content (AvgIpc) is 2.81. The normalized spacial score (nSPS) is 23.8. The van der Waals surface area contributed by atoms with Crippen LogP contribution in [0.5, 0.6) is 0 Å². The van der Waals surface area contributed by atoms with Crippen molar-refractivity contribution in [1.82, 2.24) is 4.90 Å². The number of hydrogen-bond donors (Lipinski definition) is 1. The van der Waals surface area contributed by atoms with Gasteiger partial charge in [0, 0.05) is 39.1 Å². The Morgan fingerprint density at radius 2 is 1.84 bits per heavy atom. The van der Waals surface area contributed by atoms with Gasteiger partial charge in [0.05, 0.1) is 5.60 Å². The maximum absolute atomic E-state index is 10.8. The summed E-state index contributed by atoms with van der Waals surface area (Å²) in [7, 11) is 0.